The second-order valence-electron chi connectivity index (χ2n) is 8.33. The number of fused-ring (bicyclic) bond motifs is 1. The van der Waals surface area contributed by atoms with E-state index in [1.165, 1.54) is 4.88 Å². The van der Waals surface area contributed by atoms with E-state index in [4.69, 9.17) is 4.52 Å². The first-order valence-corrected chi connectivity index (χ1v) is 12.7. The van der Waals surface area contributed by atoms with Crippen molar-refractivity contribution in [1.29, 1.82) is 0 Å². The quantitative estimate of drug-likeness (QED) is 0.608. The lowest BCUT2D eigenvalue weighted by Gasteiger charge is -2.28. The summed E-state index contributed by atoms with van der Waals surface area (Å²) < 4.78 is 29.6. The van der Waals surface area contributed by atoms with Crippen LogP contribution in [0.4, 0.5) is 0 Å². The van der Waals surface area contributed by atoms with Crippen molar-refractivity contribution in [3.05, 3.63) is 33.1 Å². The Morgan fingerprint density at radius 1 is 1.17 bits per heavy atom. The van der Waals surface area contributed by atoms with Crippen LogP contribution in [0.15, 0.2) is 16.7 Å². The Kier molecular flexibility index (Phi) is 4.52. The lowest BCUT2D eigenvalue weighted by molar-refractivity contribution is 0.0682. The van der Waals surface area contributed by atoms with Crippen LogP contribution >= 0.6 is 11.3 Å². The predicted octanol–water partition coefficient (Wildman–Crippen LogP) is 3.67. The van der Waals surface area contributed by atoms with Crippen molar-refractivity contribution in [1.82, 2.24) is 15.0 Å². The Hall–Kier alpha value is -2.26. The van der Waals surface area contributed by atoms with Gasteiger partial charge in [0.2, 0.25) is 0 Å². The van der Waals surface area contributed by atoms with Gasteiger partial charge in [0.05, 0.1) is 33.8 Å². The molecule has 1 atom stereocenters. The third-order valence-electron chi connectivity index (χ3n) is 5.94. The van der Waals surface area contributed by atoms with Crippen molar-refractivity contribution in [2.45, 2.75) is 52.1 Å². The summed E-state index contributed by atoms with van der Waals surface area (Å²) in [6, 6.07) is 3.72. The van der Waals surface area contributed by atoms with Crippen molar-refractivity contribution in [3.63, 3.8) is 0 Å². The van der Waals surface area contributed by atoms with Crippen molar-refractivity contribution in [2.75, 3.05) is 11.5 Å². The molecule has 0 aromatic carbocycles. The molecule has 30 heavy (non-hydrogen) atoms. The van der Waals surface area contributed by atoms with Crippen molar-refractivity contribution >= 4 is 38.2 Å². The first-order valence-electron chi connectivity index (χ1n) is 10.1. The SMILES string of the molecule is Cc1cc(-c2cc(C(=O)N(C3CC3)C3CCS(=O)(=O)C3)c3c(C)noc3n2)c(C)s1. The predicted molar refractivity (Wildman–Crippen MR) is 116 cm³/mol. The standard InChI is InChI=1S/C21H23N3O4S2/c1-11-8-16(13(3)29-11)18-9-17(19-12(2)23-28-20(19)22-18)21(25)24(14-4-5-14)15-6-7-30(26,27)10-15/h8-9,14-15H,4-7,10H2,1-3H3. The Morgan fingerprint density at radius 2 is 1.93 bits per heavy atom. The summed E-state index contributed by atoms with van der Waals surface area (Å²) in [5.74, 6) is 0.0382. The van der Waals surface area contributed by atoms with Gasteiger partial charge in [0, 0.05) is 27.4 Å². The van der Waals surface area contributed by atoms with Gasteiger partial charge in [-0.25, -0.2) is 13.4 Å². The molecule has 1 aliphatic heterocycles. The number of rotatable bonds is 4. The number of aromatic nitrogens is 2. The normalized spacial score (nSPS) is 20.7. The van der Waals surface area contributed by atoms with Gasteiger partial charge in [-0.05, 0) is 52.2 Å². The number of amides is 1. The maximum Gasteiger partial charge on any atom is 0.259 e. The summed E-state index contributed by atoms with van der Waals surface area (Å²) in [6.07, 6.45) is 2.32. The van der Waals surface area contributed by atoms with E-state index < -0.39 is 9.84 Å². The van der Waals surface area contributed by atoms with Gasteiger partial charge in [0.15, 0.2) is 9.84 Å². The second kappa shape index (κ2) is 6.88. The minimum atomic E-state index is -3.09. The number of aryl methyl sites for hydroxylation is 3. The Balaban J connectivity index is 1.64. The van der Waals surface area contributed by atoms with E-state index in [0.717, 1.165) is 23.3 Å². The van der Waals surface area contributed by atoms with Crippen molar-refractivity contribution < 1.29 is 17.7 Å². The number of hydrogen-bond acceptors (Lipinski definition) is 7. The van der Waals surface area contributed by atoms with Crippen LogP contribution in [-0.2, 0) is 9.84 Å². The van der Waals surface area contributed by atoms with Gasteiger partial charge in [-0.2, -0.15) is 0 Å². The molecule has 1 amide bonds. The highest BCUT2D eigenvalue weighted by Gasteiger charge is 2.43. The van der Waals surface area contributed by atoms with E-state index in [-0.39, 0.29) is 29.5 Å². The Morgan fingerprint density at radius 3 is 2.53 bits per heavy atom. The number of thiophene rings is 1. The summed E-state index contributed by atoms with van der Waals surface area (Å²) in [5.41, 5.74) is 3.10. The number of hydrogen-bond donors (Lipinski definition) is 0. The van der Waals surface area contributed by atoms with Crippen LogP contribution in [0, 0.1) is 20.8 Å². The molecule has 1 saturated heterocycles. The molecule has 2 aliphatic rings. The van der Waals surface area contributed by atoms with E-state index in [1.807, 2.05) is 19.9 Å². The molecule has 3 aromatic heterocycles. The van der Waals surface area contributed by atoms with E-state index in [0.29, 0.717) is 34.5 Å². The molecule has 5 rings (SSSR count). The van der Waals surface area contributed by atoms with E-state index in [2.05, 4.69) is 16.2 Å². The average Bonchev–Trinajstić information content (AvgIpc) is 3.22. The Bertz CT molecular complexity index is 1270. The summed E-state index contributed by atoms with van der Waals surface area (Å²) in [6.45, 7) is 5.87. The van der Waals surface area contributed by atoms with E-state index >= 15 is 0 Å². The third kappa shape index (κ3) is 3.33. The molecular formula is C21H23N3O4S2. The number of nitrogens with zero attached hydrogens (tertiary/aromatic N) is 3. The second-order valence-corrected chi connectivity index (χ2v) is 12.0. The van der Waals surface area contributed by atoms with Crippen LogP contribution in [-0.4, -0.2) is 53.0 Å². The highest BCUT2D eigenvalue weighted by molar-refractivity contribution is 7.91. The highest BCUT2D eigenvalue weighted by Crippen LogP contribution is 2.37. The number of pyridine rings is 1. The van der Waals surface area contributed by atoms with Crippen LogP contribution in [0.5, 0.6) is 0 Å². The third-order valence-corrected chi connectivity index (χ3v) is 8.66. The van der Waals surface area contributed by atoms with Gasteiger partial charge >= 0.3 is 0 Å². The number of carbonyl (C=O) groups excluding carboxylic acids is 1. The van der Waals surface area contributed by atoms with Gasteiger partial charge < -0.3 is 9.42 Å². The zero-order valence-electron chi connectivity index (χ0n) is 17.1. The van der Waals surface area contributed by atoms with Crippen LogP contribution in [0.1, 0.15) is 45.1 Å². The highest BCUT2D eigenvalue weighted by atomic mass is 32.2. The summed E-state index contributed by atoms with van der Waals surface area (Å²) in [7, 11) is -3.09. The van der Waals surface area contributed by atoms with Crippen molar-refractivity contribution in [2.24, 2.45) is 0 Å². The lowest BCUT2D eigenvalue weighted by Crippen LogP contribution is -2.42. The maximum atomic E-state index is 13.8. The van der Waals surface area contributed by atoms with Crippen LogP contribution < -0.4 is 0 Å². The smallest absolute Gasteiger partial charge is 0.259 e. The largest absolute Gasteiger partial charge is 0.335 e. The van der Waals surface area contributed by atoms with Gasteiger partial charge in [-0.15, -0.1) is 11.3 Å². The summed E-state index contributed by atoms with van der Waals surface area (Å²) in [4.78, 5) is 22.5. The van der Waals surface area contributed by atoms with Gasteiger partial charge in [-0.1, -0.05) is 5.16 Å². The molecule has 4 heterocycles. The maximum absolute atomic E-state index is 13.8. The molecule has 9 heteroatoms. The fourth-order valence-electron chi connectivity index (χ4n) is 4.40. The Labute approximate surface area is 179 Å². The van der Waals surface area contributed by atoms with E-state index in [9.17, 15) is 13.2 Å². The molecule has 158 valence electrons. The first kappa shape index (κ1) is 19.7. The van der Waals surface area contributed by atoms with Crippen LogP contribution in [0.2, 0.25) is 0 Å². The molecule has 3 aromatic rings. The molecule has 0 radical (unpaired) electrons. The molecule has 1 aliphatic carbocycles. The fraction of sp³-hybridized carbons (Fsp3) is 0.476. The van der Waals surface area contributed by atoms with E-state index in [1.54, 1.807) is 23.2 Å². The van der Waals surface area contributed by atoms with Crippen molar-refractivity contribution in [3.8, 4) is 11.3 Å². The number of sulfone groups is 1. The molecule has 0 spiro atoms. The topological polar surface area (TPSA) is 93.4 Å². The molecule has 1 saturated carbocycles. The first-order chi connectivity index (χ1) is 14.2. The summed E-state index contributed by atoms with van der Waals surface area (Å²) in [5, 5.41) is 4.65. The molecular weight excluding hydrogens is 422 g/mol. The number of carbonyl (C=O) groups is 1. The van der Waals surface area contributed by atoms with Gasteiger partial charge in [0.25, 0.3) is 11.6 Å². The molecule has 7 nitrogen and oxygen atoms in total. The monoisotopic (exact) mass is 445 g/mol. The lowest BCUT2D eigenvalue weighted by atomic mass is 10.0. The van der Waals surface area contributed by atoms with Gasteiger partial charge in [-0.3, -0.25) is 4.79 Å². The minimum absolute atomic E-state index is 0.0434. The molecule has 0 N–H and O–H groups in total. The average molecular weight is 446 g/mol. The van der Waals surface area contributed by atoms with Crippen LogP contribution in [0.25, 0.3) is 22.4 Å². The van der Waals surface area contributed by atoms with Crippen LogP contribution in [0.3, 0.4) is 0 Å². The summed E-state index contributed by atoms with van der Waals surface area (Å²) >= 11 is 1.68. The fourth-order valence-corrected chi connectivity index (χ4v) is 7.05. The zero-order chi connectivity index (χ0) is 21.2. The van der Waals surface area contributed by atoms with Gasteiger partial charge in [0.1, 0.15) is 0 Å². The minimum Gasteiger partial charge on any atom is -0.335 e. The molecule has 0 bridgehead atoms. The zero-order valence-corrected chi connectivity index (χ0v) is 18.8. The molecule has 1 unspecified atom stereocenters. The molecule has 2 fully saturated rings.